The van der Waals surface area contributed by atoms with Crippen molar-refractivity contribution in [3.05, 3.63) is 193 Å². The molecule has 6 aromatic rings. The minimum absolute atomic E-state index is 0. The number of benzene rings is 6. The molecule has 1 aliphatic heterocycles. The molecule has 0 N–H and O–H groups in total. The Hall–Kier alpha value is -4.74. The van der Waals surface area contributed by atoms with Gasteiger partial charge in [-0.3, -0.25) is 0 Å². The zero-order valence-corrected chi connectivity index (χ0v) is 42.8. The minimum atomic E-state index is -0.258. The molecule has 0 amide bonds. The first-order chi connectivity index (χ1) is 29.5. The van der Waals surface area contributed by atoms with E-state index in [1.54, 1.807) is 0 Å². The second kappa shape index (κ2) is 24.0. The standard InChI is InChI=1S/C41H52NO2.2C7H8.C4H8O.V/c1-25-13-15-33(16-14-25)42-36-28(21-30-17-26(2)19-34(37(30)43)40(7,8)9)23-32(39(4,5)6)24-29(36)22-31-18-27(3)20-35(38(31)44)41(10,11)12;2*1-7-5-3-2-4-6-7;1-2-4-5-3-1;/h13-20,23-24,43-44H,21-22H2,1-12H3;2*2-6H,1H3;1-4H2;/q-1;;;;/p-2. The maximum absolute atomic E-state index is 13.9. The zero-order valence-electron chi connectivity index (χ0n) is 41.4. The molecule has 0 saturated carbocycles. The third kappa shape index (κ3) is 16.7. The van der Waals surface area contributed by atoms with Crippen molar-refractivity contribution in [1.29, 1.82) is 0 Å². The van der Waals surface area contributed by atoms with E-state index >= 15 is 0 Å². The van der Waals surface area contributed by atoms with Crippen LogP contribution in [0.3, 0.4) is 0 Å². The van der Waals surface area contributed by atoms with E-state index in [1.807, 2.05) is 72.8 Å². The van der Waals surface area contributed by atoms with Crippen LogP contribution in [0.25, 0.3) is 5.32 Å². The number of hydrogen-bond acceptors (Lipinski definition) is 3. The molecular weight excluding hydrogens is 822 g/mol. The summed E-state index contributed by atoms with van der Waals surface area (Å²) in [7, 11) is 0. The molecule has 0 atom stereocenters. The SMILES string of the molecule is C1CCOC1.Cc1ccc([N-]c2c(Cc3cc(C)cc(C(C)(C)C)c3[O-])cc(C(C)(C)C)cc2Cc2cc(C)cc(C(C)(C)C)c2[O-])cc1.Cc1ccccc1.Cc1ccccc1.[V]. The molecule has 341 valence electrons. The Labute approximate surface area is 399 Å². The molecule has 0 aromatic heterocycles. The number of nitrogens with zero attached hydrogens (tertiary/aromatic N) is 1. The third-order valence-electron chi connectivity index (χ3n) is 11.1. The summed E-state index contributed by atoms with van der Waals surface area (Å²) < 4.78 is 4.94. The van der Waals surface area contributed by atoms with Crippen molar-refractivity contribution in [2.45, 2.75) is 139 Å². The number of hydrogen-bond donors (Lipinski definition) is 0. The molecule has 4 nitrogen and oxygen atoms in total. The Balaban J connectivity index is 0.000000442. The van der Waals surface area contributed by atoms with E-state index in [2.05, 4.69) is 145 Å². The maximum Gasteiger partial charge on any atom is 0.0466 e. The van der Waals surface area contributed by atoms with Gasteiger partial charge >= 0.3 is 0 Å². The van der Waals surface area contributed by atoms with Gasteiger partial charge in [-0.15, -0.1) is 22.9 Å². The Morgan fingerprint density at radius 3 is 1.12 bits per heavy atom. The van der Waals surface area contributed by atoms with Crippen LogP contribution < -0.4 is 10.2 Å². The first kappa shape index (κ1) is 53.6. The van der Waals surface area contributed by atoms with Crippen molar-refractivity contribution in [1.82, 2.24) is 0 Å². The van der Waals surface area contributed by atoms with Crippen LogP contribution in [0.15, 0.2) is 121 Å². The summed E-state index contributed by atoms with van der Waals surface area (Å²) in [5, 5.41) is 33.0. The van der Waals surface area contributed by atoms with Gasteiger partial charge in [0.2, 0.25) is 0 Å². The molecule has 1 fully saturated rings. The predicted molar refractivity (Wildman–Crippen MR) is 266 cm³/mol. The average molecular weight is 896 g/mol. The largest absolute Gasteiger partial charge is 0.872 e. The summed E-state index contributed by atoms with van der Waals surface area (Å²) in [4.78, 5) is 0. The molecular formula is C59H74NO3V-3. The van der Waals surface area contributed by atoms with Gasteiger partial charge in [-0.1, -0.05) is 234 Å². The van der Waals surface area contributed by atoms with Crippen molar-refractivity contribution < 1.29 is 33.5 Å². The molecule has 0 bridgehead atoms. The van der Waals surface area contributed by atoms with Gasteiger partial charge in [0.05, 0.1) is 0 Å². The summed E-state index contributed by atoms with van der Waals surface area (Å²) in [5.41, 5.74) is 13.4. The number of ether oxygens (including phenoxy) is 1. The molecule has 0 aliphatic carbocycles. The minimum Gasteiger partial charge on any atom is -0.872 e. The fourth-order valence-corrected chi connectivity index (χ4v) is 7.42. The summed E-state index contributed by atoms with van der Waals surface area (Å²) >= 11 is 0. The van der Waals surface area contributed by atoms with Crippen molar-refractivity contribution in [3.8, 4) is 11.5 Å². The first-order valence-electron chi connectivity index (χ1n) is 22.7. The zero-order chi connectivity index (χ0) is 46.5. The molecule has 1 aliphatic rings. The molecule has 6 aromatic carbocycles. The third-order valence-corrected chi connectivity index (χ3v) is 11.1. The molecule has 64 heavy (non-hydrogen) atoms. The van der Waals surface area contributed by atoms with E-state index in [9.17, 15) is 10.2 Å². The van der Waals surface area contributed by atoms with Crippen LogP contribution in [0.4, 0.5) is 11.4 Å². The Morgan fingerprint density at radius 2 is 0.828 bits per heavy atom. The van der Waals surface area contributed by atoms with E-state index in [-0.39, 0.29) is 46.3 Å². The fraction of sp³-hybridized carbons (Fsp3) is 0.390. The van der Waals surface area contributed by atoms with Crippen molar-refractivity contribution in [3.63, 3.8) is 0 Å². The van der Waals surface area contributed by atoms with Crippen LogP contribution in [0.2, 0.25) is 0 Å². The van der Waals surface area contributed by atoms with Crippen LogP contribution >= 0.6 is 0 Å². The van der Waals surface area contributed by atoms with E-state index < -0.39 is 0 Å². The van der Waals surface area contributed by atoms with Crippen molar-refractivity contribution in [2.24, 2.45) is 0 Å². The topological polar surface area (TPSA) is 69.5 Å². The van der Waals surface area contributed by atoms with Gasteiger partial charge in [0.1, 0.15) is 0 Å². The summed E-state index contributed by atoms with van der Waals surface area (Å²) in [6, 6.07) is 41.3. The molecule has 1 radical (unpaired) electrons. The molecule has 7 rings (SSSR count). The Bertz CT molecular complexity index is 2200. The van der Waals surface area contributed by atoms with Gasteiger partial charge in [-0.2, -0.15) is 0 Å². The van der Waals surface area contributed by atoms with Crippen LogP contribution in [0, 0.1) is 34.6 Å². The summed E-state index contributed by atoms with van der Waals surface area (Å²) in [5.74, 6) is 0.199. The predicted octanol–water partition coefficient (Wildman–Crippen LogP) is 15.0. The van der Waals surface area contributed by atoms with Crippen LogP contribution in [0.1, 0.15) is 142 Å². The van der Waals surface area contributed by atoms with Gasteiger partial charge in [0, 0.05) is 31.8 Å². The second-order valence-corrected chi connectivity index (χ2v) is 20.4. The van der Waals surface area contributed by atoms with Gasteiger partial charge in [-0.05, 0) is 93.2 Å². The Morgan fingerprint density at radius 1 is 0.453 bits per heavy atom. The van der Waals surface area contributed by atoms with E-state index in [0.717, 1.165) is 74.7 Å². The molecule has 5 heteroatoms. The van der Waals surface area contributed by atoms with Gasteiger partial charge in [0.25, 0.3) is 0 Å². The van der Waals surface area contributed by atoms with E-state index in [1.165, 1.54) is 29.5 Å². The van der Waals surface area contributed by atoms with E-state index in [0.29, 0.717) is 12.8 Å². The normalized spacial score (nSPS) is 12.3. The van der Waals surface area contributed by atoms with Crippen molar-refractivity contribution in [2.75, 3.05) is 13.2 Å². The van der Waals surface area contributed by atoms with Gasteiger partial charge in [0.15, 0.2) is 0 Å². The quantitative estimate of drug-likeness (QED) is 0.167. The number of aryl methyl sites for hydroxylation is 5. The molecule has 0 unspecified atom stereocenters. The van der Waals surface area contributed by atoms with E-state index in [4.69, 9.17) is 10.1 Å². The van der Waals surface area contributed by atoms with Gasteiger partial charge in [-0.25, -0.2) is 0 Å². The molecule has 1 saturated heterocycles. The average Bonchev–Trinajstić information content (AvgIpc) is 3.80. The second-order valence-electron chi connectivity index (χ2n) is 20.4. The maximum atomic E-state index is 13.9. The number of rotatable bonds is 6. The smallest absolute Gasteiger partial charge is 0.0466 e. The van der Waals surface area contributed by atoms with Crippen LogP contribution in [0.5, 0.6) is 11.5 Å². The van der Waals surface area contributed by atoms with Gasteiger partial charge < -0.3 is 20.3 Å². The van der Waals surface area contributed by atoms with Crippen LogP contribution in [-0.2, 0) is 52.4 Å². The Kier molecular flexibility index (Phi) is 20.1. The summed E-state index contributed by atoms with van der Waals surface area (Å²) in [6.07, 6.45) is 3.49. The summed E-state index contributed by atoms with van der Waals surface area (Å²) in [6.45, 7) is 31.6. The first-order valence-corrected chi connectivity index (χ1v) is 22.7. The molecule has 1 heterocycles. The monoisotopic (exact) mass is 896 g/mol. The molecule has 0 spiro atoms. The van der Waals surface area contributed by atoms with Crippen molar-refractivity contribution >= 4 is 11.4 Å². The fourth-order valence-electron chi connectivity index (χ4n) is 7.42. The van der Waals surface area contributed by atoms with Crippen LogP contribution in [-0.4, -0.2) is 13.2 Å².